The van der Waals surface area contributed by atoms with Crippen molar-refractivity contribution in [3.63, 3.8) is 0 Å². The van der Waals surface area contributed by atoms with Crippen molar-refractivity contribution in [1.82, 2.24) is 4.90 Å². The summed E-state index contributed by atoms with van der Waals surface area (Å²) in [4.78, 5) is 26.7. The molecular weight excluding hydrogens is 286 g/mol. The number of furan rings is 1. The molecule has 0 aromatic carbocycles. The molecule has 2 bridgehead atoms. The molecule has 0 radical (unpaired) electrons. The van der Waals surface area contributed by atoms with Crippen LogP contribution in [0.2, 0.25) is 0 Å². The molecule has 0 saturated carbocycles. The van der Waals surface area contributed by atoms with Crippen molar-refractivity contribution in [3.05, 3.63) is 36.3 Å². The van der Waals surface area contributed by atoms with Gasteiger partial charge in [-0.3, -0.25) is 9.59 Å². The summed E-state index contributed by atoms with van der Waals surface area (Å²) in [6.45, 7) is 2.90. The molecule has 22 heavy (non-hydrogen) atoms. The van der Waals surface area contributed by atoms with Gasteiger partial charge in [0.15, 0.2) is 0 Å². The van der Waals surface area contributed by atoms with Gasteiger partial charge < -0.3 is 18.8 Å². The normalized spacial score (nSPS) is 35.2. The molecule has 2 saturated heterocycles. The second-order valence-electron chi connectivity index (χ2n) is 5.93. The summed E-state index contributed by atoms with van der Waals surface area (Å²) < 4.78 is 16.4. The van der Waals surface area contributed by atoms with Gasteiger partial charge in [-0.05, 0) is 19.1 Å². The van der Waals surface area contributed by atoms with Gasteiger partial charge in [-0.15, -0.1) is 0 Å². The number of carbonyl (C=O) groups is 2. The molecule has 1 amide bonds. The molecule has 1 aromatic rings. The zero-order valence-electron chi connectivity index (χ0n) is 12.2. The molecule has 2 fully saturated rings. The van der Waals surface area contributed by atoms with E-state index in [0.717, 1.165) is 5.76 Å². The summed E-state index contributed by atoms with van der Waals surface area (Å²) in [7, 11) is 0. The molecule has 4 rings (SSSR count). The number of amides is 1. The van der Waals surface area contributed by atoms with Gasteiger partial charge in [-0.2, -0.15) is 0 Å². The molecule has 3 aliphatic rings. The molecule has 3 aliphatic heterocycles. The summed E-state index contributed by atoms with van der Waals surface area (Å²) in [6.07, 6.45) is 5.04. The van der Waals surface area contributed by atoms with Crippen LogP contribution in [-0.2, 0) is 25.6 Å². The quantitative estimate of drug-likeness (QED) is 0.616. The number of hydrogen-bond donors (Lipinski definition) is 0. The van der Waals surface area contributed by atoms with Gasteiger partial charge in [-0.25, -0.2) is 0 Å². The van der Waals surface area contributed by atoms with Crippen LogP contribution < -0.4 is 0 Å². The first-order chi connectivity index (χ1) is 10.6. The Hall–Kier alpha value is -2.08. The molecule has 1 spiro atoms. The Bertz CT molecular complexity index is 637. The van der Waals surface area contributed by atoms with E-state index in [4.69, 9.17) is 13.9 Å². The van der Waals surface area contributed by atoms with Gasteiger partial charge in [0.25, 0.3) is 0 Å². The van der Waals surface area contributed by atoms with Crippen molar-refractivity contribution >= 4 is 11.9 Å². The van der Waals surface area contributed by atoms with Gasteiger partial charge in [0, 0.05) is 0 Å². The highest BCUT2D eigenvalue weighted by atomic mass is 16.6. The van der Waals surface area contributed by atoms with Gasteiger partial charge in [0.05, 0.1) is 38.0 Å². The molecule has 1 aromatic heterocycles. The lowest BCUT2D eigenvalue weighted by Gasteiger charge is -2.22. The second kappa shape index (κ2) is 4.71. The maximum atomic E-state index is 12.8. The van der Waals surface area contributed by atoms with Crippen molar-refractivity contribution < 1.29 is 23.5 Å². The van der Waals surface area contributed by atoms with Crippen molar-refractivity contribution in [3.8, 4) is 0 Å². The minimum atomic E-state index is -0.689. The second-order valence-corrected chi connectivity index (χ2v) is 5.93. The van der Waals surface area contributed by atoms with E-state index in [0.29, 0.717) is 19.7 Å². The van der Waals surface area contributed by atoms with Crippen molar-refractivity contribution in [2.75, 3.05) is 13.2 Å². The Balaban J connectivity index is 1.61. The van der Waals surface area contributed by atoms with E-state index in [1.54, 1.807) is 24.2 Å². The molecule has 4 heterocycles. The molecule has 6 nitrogen and oxygen atoms in total. The molecule has 4 atom stereocenters. The Morgan fingerprint density at radius 1 is 1.55 bits per heavy atom. The number of esters is 1. The van der Waals surface area contributed by atoms with Crippen LogP contribution in [0.5, 0.6) is 0 Å². The Labute approximate surface area is 127 Å². The average Bonchev–Trinajstić information content (AvgIpc) is 3.23. The minimum Gasteiger partial charge on any atom is -0.467 e. The van der Waals surface area contributed by atoms with Crippen LogP contribution >= 0.6 is 0 Å². The number of carbonyl (C=O) groups excluding carboxylic acids is 2. The lowest BCUT2D eigenvalue weighted by atomic mass is 9.77. The predicted octanol–water partition coefficient (Wildman–Crippen LogP) is 1.12. The van der Waals surface area contributed by atoms with Crippen LogP contribution in [0, 0.1) is 11.8 Å². The Morgan fingerprint density at radius 2 is 2.41 bits per heavy atom. The fourth-order valence-electron chi connectivity index (χ4n) is 3.81. The van der Waals surface area contributed by atoms with E-state index in [-0.39, 0.29) is 18.0 Å². The minimum absolute atomic E-state index is 0.0682. The fraction of sp³-hybridized carbons (Fsp3) is 0.500. The molecular formula is C16H17NO5. The number of nitrogens with zero attached hydrogens (tertiary/aromatic N) is 1. The molecule has 116 valence electrons. The van der Waals surface area contributed by atoms with E-state index in [2.05, 4.69) is 0 Å². The van der Waals surface area contributed by atoms with Gasteiger partial charge >= 0.3 is 5.97 Å². The van der Waals surface area contributed by atoms with Crippen molar-refractivity contribution in [2.24, 2.45) is 11.8 Å². The molecule has 1 unspecified atom stereocenters. The van der Waals surface area contributed by atoms with Gasteiger partial charge in [0.1, 0.15) is 17.3 Å². The highest BCUT2D eigenvalue weighted by Gasteiger charge is 2.67. The van der Waals surface area contributed by atoms with E-state index in [1.807, 2.05) is 18.2 Å². The van der Waals surface area contributed by atoms with Crippen LogP contribution in [0.4, 0.5) is 0 Å². The first-order valence-electron chi connectivity index (χ1n) is 7.49. The number of likely N-dealkylation sites (tertiary alicyclic amines) is 1. The van der Waals surface area contributed by atoms with Crippen LogP contribution in [0.15, 0.2) is 35.0 Å². The summed E-state index contributed by atoms with van der Waals surface area (Å²) in [5, 5.41) is 0. The number of hydrogen-bond acceptors (Lipinski definition) is 5. The third-order valence-electron chi connectivity index (χ3n) is 4.66. The zero-order chi connectivity index (χ0) is 15.3. The smallest absolute Gasteiger partial charge is 0.312 e. The third kappa shape index (κ3) is 1.76. The number of fused-ring (bicyclic) bond motifs is 1. The van der Waals surface area contributed by atoms with Gasteiger partial charge in [0.2, 0.25) is 5.91 Å². The lowest BCUT2D eigenvalue weighted by molar-refractivity contribution is -0.153. The molecule has 0 aliphatic carbocycles. The SMILES string of the molecule is CCOC(=O)[C@H]1[C@H]2C=CC3(CN(Cc4ccco4)C(=O)[C@@H]13)O2. The summed E-state index contributed by atoms with van der Waals surface area (Å²) in [5.41, 5.74) is -0.689. The van der Waals surface area contributed by atoms with Crippen molar-refractivity contribution in [1.29, 1.82) is 0 Å². The number of rotatable bonds is 4. The van der Waals surface area contributed by atoms with E-state index in [1.165, 1.54) is 0 Å². The summed E-state index contributed by atoms with van der Waals surface area (Å²) in [6, 6.07) is 3.62. The standard InChI is InChI=1S/C16H17NO5/c1-2-20-15(19)12-11-5-6-16(22-11)9-17(14(18)13(12)16)8-10-4-3-7-21-10/h3-7,11-13H,2,8-9H2,1H3/t11-,12+,13-,16?/m1/s1. The Kier molecular flexibility index (Phi) is 2.91. The van der Waals surface area contributed by atoms with Crippen LogP contribution in [0.1, 0.15) is 12.7 Å². The average molecular weight is 303 g/mol. The molecule has 0 N–H and O–H groups in total. The highest BCUT2D eigenvalue weighted by molar-refractivity contribution is 5.91. The largest absolute Gasteiger partial charge is 0.467 e. The fourth-order valence-corrected chi connectivity index (χ4v) is 3.81. The number of ether oxygens (including phenoxy) is 2. The maximum Gasteiger partial charge on any atom is 0.312 e. The topological polar surface area (TPSA) is 69.0 Å². The van der Waals surface area contributed by atoms with E-state index < -0.39 is 17.4 Å². The molecule has 6 heteroatoms. The third-order valence-corrected chi connectivity index (χ3v) is 4.66. The van der Waals surface area contributed by atoms with Crippen LogP contribution in [-0.4, -0.2) is 41.6 Å². The summed E-state index contributed by atoms with van der Waals surface area (Å²) in [5.74, 6) is -0.732. The maximum absolute atomic E-state index is 12.8. The summed E-state index contributed by atoms with van der Waals surface area (Å²) >= 11 is 0. The zero-order valence-corrected chi connectivity index (χ0v) is 12.2. The van der Waals surface area contributed by atoms with Crippen LogP contribution in [0.25, 0.3) is 0 Å². The predicted molar refractivity (Wildman–Crippen MR) is 74.5 cm³/mol. The first kappa shape index (κ1) is 13.6. The highest BCUT2D eigenvalue weighted by Crippen LogP contribution is 2.52. The van der Waals surface area contributed by atoms with E-state index in [9.17, 15) is 9.59 Å². The lowest BCUT2D eigenvalue weighted by Crippen LogP contribution is -2.39. The van der Waals surface area contributed by atoms with Crippen LogP contribution in [0.3, 0.4) is 0 Å². The van der Waals surface area contributed by atoms with E-state index >= 15 is 0 Å². The van der Waals surface area contributed by atoms with Gasteiger partial charge in [-0.1, -0.05) is 12.2 Å². The monoisotopic (exact) mass is 303 g/mol. The first-order valence-corrected chi connectivity index (χ1v) is 7.49. The van der Waals surface area contributed by atoms with Crippen molar-refractivity contribution in [2.45, 2.75) is 25.2 Å². The Morgan fingerprint density at radius 3 is 3.14 bits per heavy atom.